The van der Waals surface area contributed by atoms with E-state index in [1.165, 1.54) is 5.56 Å². The molecule has 2 rings (SSSR count). The van der Waals surface area contributed by atoms with E-state index in [0.717, 1.165) is 55.8 Å². The Morgan fingerprint density at radius 1 is 1.19 bits per heavy atom. The van der Waals surface area contributed by atoms with Crippen molar-refractivity contribution in [2.75, 3.05) is 33.7 Å². The summed E-state index contributed by atoms with van der Waals surface area (Å²) >= 11 is 1.69. The molecule has 0 aliphatic heterocycles. The van der Waals surface area contributed by atoms with Crippen LogP contribution in [0.3, 0.4) is 0 Å². The third-order valence-electron chi connectivity index (χ3n) is 4.02. The van der Waals surface area contributed by atoms with Crippen LogP contribution in [0.15, 0.2) is 40.7 Å². The summed E-state index contributed by atoms with van der Waals surface area (Å²) in [5, 5.41) is 6.60. The highest BCUT2D eigenvalue weighted by Crippen LogP contribution is 2.10. The van der Waals surface area contributed by atoms with Crippen molar-refractivity contribution in [1.29, 1.82) is 0 Å². The van der Waals surface area contributed by atoms with Crippen LogP contribution in [0.1, 0.15) is 29.6 Å². The number of nitrogens with one attached hydrogen (secondary N) is 1. The second-order valence-corrected chi connectivity index (χ2v) is 7.59. The molecule has 0 saturated carbocycles. The summed E-state index contributed by atoms with van der Waals surface area (Å²) in [6, 6.07) is 10.6. The zero-order valence-corrected chi connectivity index (χ0v) is 17.2. The Labute approximate surface area is 161 Å². The largest absolute Gasteiger partial charge is 0.357 e. The predicted octanol–water partition coefficient (Wildman–Crippen LogP) is 3.37. The fraction of sp³-hybridized carbons (Fsp3) is 0.500. The van der Waals surface area contributed by atoms with E-state index < -0.39 is 0 Å². The van der Waals surface area contributed by atoms with Crippen molar-refractivity contribution in [3.8, 4) is 0 Å². The van der Waals surface area contributed by atoms with Crippen LogP contribution in [-0.2, 0) is 13.1 Å². The van der Waals surface area contributed by atoms with Crippen LogP contribution in [-0.4, -0.2) is 54.5 Å². The van der Waals surface area contributed by atoms with Crippen LogP contribution < -0.4 is 5.32 Å². The number of guanidine groups is 1. The van der Waals surface area contributed by atoms with E-state index in [1.807, 2.05) is 6.92 Å². The highest BCUT2D eigenvalue weighted by Gasteiger charge is 2.08. The Morgan fingerprint density at radius 2 is 1.96 bits per heavy atom. The molecule has 0 spiro atoms. The van der Waals surface area contributed by atoms with Crippen LogP contribution >= 0.6 is 11.3 Å². The van der Waals surface area contributed by atoms with Gasteiger partial charge in [-0.2, -0.15) is 0 Å². The number of rotatable bonds is 9. The predicted molar refractivity (Wildman–Crippen MR) is 112 cm³/mol. The third kappa shape index (κ3) is 7.14. The monoisotopic (exact) mass is 373 g/mol. The Morgan fingerprint density at radius 3 is 2.62 bits per heavy atom. The van der Waals surface area contributed by atoms with E-state index in [2.05, 4.69) is 76.8 Å². The number of aliphatic imine (C=N–C) groups is 1. The minimum absolute atomic E-state index is 0.782. The van der Waals surface area contributed by atoms with Crippen LogP contribution in [0.5, 0.6) is 0 Å². The number of hydrogen-bond donors (Lipinski definition) is 1. The molecule has 1 aromatic carbocycles. The normalized spacial score (nSPS) is 11.8. The zero-order valence-electron chi connectivity index (χ0n) is 16.4. The molecule has 0 fully saturated rings. The summed E-state index contributed by atoms with van der Waals surface area (Å²) in [5.41, 5.74) is 2.45. The van der Waals surface area contributed by atoms with Gasteiger partial charge in [0.05, 0.1) is 17.2 Å². The Hall–Kier alpha value is -1.92. The molecule has 0 unspecified atom stereocenters. The average Bonchev–Trinajstić information content (AvgIpc) is 3.03. The number of benzene rings is 1. The van der Waals surface area contributed by atoms with Gasteiger partial charge in [-0.3, -0.25) is 4.99 Å². The number of thiazole rings is 1. The topological polar surface area (TPSA) is 43.8 Å². The fourth-order valence-electron chi connectivity index (χ4n) is 2.77. The fourth-order valence-corrected chi connectivity index (χ4v) is 3.37. The number of aryl methyl sites for hydroxylation is 1. The molecule has 26 heavy (non-hydrogen) atoms. The van der Waals surface area contributed by atoms with Crippen molar-refractivity contribution in [2.45, 2.75) is 33.4 Å². The van der Waals surface area contributed by atoms with Crippen molar-refractivity contribution in [2.24, 2.45) is 4.99 Å². The molecule has 0 aliphatic rings. The first-order valence-electron chi connectivity index (χ1n) is 9.21. The summed E-state index contributed by atoms with van der Waals surface area (Å²) in [4.78, 5) is 13.8. The molecule has 2 aromatic rings. The summed E-state index contributed by atoms with van der Waals surface area (Å²) in [6.45, 7) is 8.63. The SMILES string of the molecule is CCNC(=NCCCN(C)Cc1ccccc1)N(C)Cc1csc(C)n1. The van der Waals surface area contributed by atoms with E-state index in [1.54, 1.807) is 11.3 Å². The standard InChI is InChI=1S/C20H31N5S/c1-5-21-20(25(4)15-19-16-26-17(2)23-19)22-12-9-13-24(3)14-18-10-7-6-8-11-18/h6-8,10-11,16H,5,9,12-15H2,1-4H3,(H,21,22). The lowest BCUT2D eigenvalue weighted by Gasteiger charge is -2.21. The van der Waals surface area contributed by atoms with Crippen molar-refractivity contribution in [3.63, 3.8) is 0 Å². The van der Waals surface area contributed by atoms with Gasteiger partial charge < -0.3 is 15.1 Å². The molecule has 0 amide bonds. The van der Waals surface area contributed by atoms with Crippen LogP contribution in [0.2, 0.25) is 0 Å². The molecule has 1 N–H and O–H groups in total. The Kier molecular flexibility index (Phi) is 8.58. The first-order valence-corrected chi connectivity index (χ1v) is 10.1. The highest BCUT2D eigenvalue weighted by atomic mass is 32.1. The molecule has 0 atom stereocenters. The minimum Gasteiger partial charge on any atom is -0.357 e. The first kappa shape index (κ1) is 20.4. The van der Waals surface area contributed by atoms with Gasteiger partial charge in [0.2, 0.25) is 0 Å². The lowest BCUT2D eigenvalue weighted by molar-refractivity contribution is 0.324. The molecule has 5 nitrogen and oxygen atoms in total. The van der Waals surface area contributed by atoms with Gasteiger partial charge in [0, 0.05) is 32.1 Å². The number of aromatic nitrogens is 1. The Balaban J connectivity index is 1.78. The molecule has 6 heteroatoms. The van der Waals surface area contributed by atoms with Gasteiger partial charge in [0.15, 0.2) is 5.96 Å². The van der Waals surface area contributed by atoms with Gasteiger partial charge in [-0.15, -0.1) is 11.3 Å². The van der Waals surface area contributed by atoms with E-state index in [9.17, 15) is 0 Å². The van der Waals surface area contributed by atoms with Crippen LogP contribution in [0.4, 0.5) is 0 Å². The van der Waals surface area contributed by atoms with Crippen LogP contribution in [0, 0.1) is 6.92 Å². The first-order chi connectivity index (χ1) is 12.6. The lowest BCUT2D eigenvalue weighted by Crippen LogP contribution is -2.38. The summed E-state index contributed by atoms with van der Waals surface area (Å²) in [6.07, 6.45) is 1.04. The quantitative estimate of drug-likeness (QED) is 0.416. The number of nitrogens with zero attached hydrogens (tertiary/aromatic N) is 4. The molecule has 1 aromatic heterocycles. The summed E-state index contributed by atoms with van der Waals surface area (Å²) in [7, 11) is 4.23. The maximum atomic E-state index is 4.78. The summed E-state index contributed by atoms with van der Waals surface area (Å²) < 4.78 is 0. The van der Waals surface area contributed by atoms with E-state index >= 15 is 0 Å². The molecule has 142 valence electrons. The van der Waals surface area contributed by atoms with E-state index in [4.69, 9.17) is 4.99 Å². The molecule has 0 aliphatic carbocycles. The van der Waals surface area contributed by atoms with Gasteiger partial charge in [0.25, 0.3) is 0 Å². The zero-order chi connectivity index (χ0) is 18.8. The average molecular weight is 374 g/mol. The van der Waals surface area contributed by atoms with Crippen molar-refractivity contribution < 1.29 is 0 Å². The minimum atomic E-state index is 0.782. The molecule has 0 radical (unpaired) electrons. The van der Waals surface area contributed by atoms with Gasteiger partial charge in [-0.1, -0.05) is 30.3 Å². The molecule has 0 bridgehead atoms. The van der Waals surface area contributed by atoms with E-state index in [-0.39, 0.29) is 0 Å². The number of hydrogen-bond acceptors (Lipinski definition) is 4. The molecule has 1 heterocycles. The molecular weight excluding hydrogens is 342 g/mol. The van der Waals surface area contributed by atoms with Crippen molar-refractivity contribution in [1.82, 2.24) is 20.1 Å². The smallest absolute Gasteiger partial charge is 0.194 e. The van der Waals surface area contributed by atoms with Gasteiger partial charge in [0.1, 0.15) is 0 Å². The van der Waals surface area contributed by atoms with Gasteiger partial charge >= 0.3 is 0 Å². The summed E-state index contributed by atoms with van der Waals surface area (Å²) in [5.74, 6) is 0.948. The maximum absolute atomic E-state index is 4.78. The highest BCUT2D eigenvalue weighted by molar-refractivity contribution is 7.09. The third-order valence-corrected chi connectivity index (χ3v) is 4.84. The van der Waals surface area contributed by atoms with Crippen LogP contribution in [0.25, 0.3) is 0 Å². The van der Waals surface area contributed by atoms with Gasteiger partial charge in [-0.25, -0.2) is 4.98 Å². The van der Waals surface area contributed by atoms with Gasteiger partial charge in [-0.05, 0) is 39.4 Å². The van der Waals surface area contributed by atoms with Crippen molar-refractivity contribution >= 4 is 17.3 Å². The molecular formula is C20H31N5S. The Bertz CT molecular complexity index is 668. The second-order valence-electron chi connectivity index (χ2n) is 6.53. The lowest BCUT2D eigenvalue weighted by atomic mass is 10.2. The van der Waals surface area contributed by atoms with E-state index in [0.29, 0.717) is 0 Å². The molecule has 0 saturated heterocycles. The van der Waals surface area contributed by atoms with Crippen molar-refractivity contribution in [3.05, 3.63) is 52.0 Å². The maximum Gasteiger partial charge on any atom is 0.194 e. The second kappa shape index (κ2) is 10.9.